The molecule has 29 heavy (non-hydrogen) atoms. The Balaban J connectivity index is 1.98. The van der Waals surface area contributed by atoms with E-state index in [0.29, 0.717) is 0 Å². The van der Waals surface area contributed by atoms with Crippen LogP contribution in [0.1, 0.15) is 37.8 Å². The van der Waals surface area contributed by atoms with Gasteiger partial charge < -0.3 is 15.0 Å². The lowest BCUT2D eigenvalue weighted by Crippen LogP contribution is -2.69. The van der Waals surface area contributed by atoms with Crippen LogP contribution in [0.3, 0.4) is 0 Å². The second-order valence-electron chi connectivity index (χ2n) is 9.35. The van der Waals surface area contributed by atoms with E-state index in [-0.39, 0.29) is 11.7 Å². The molecular weight excluding hydrogens is 436 g/mol. The molecule has 1 aromatic carbocycles. The van der Waals surface area contributed by atoms with Gasteiger partial charge in [-0.25, -0.2) is 4.79 Å². The zero-order chi connectivity index (χ0) is 21.1. The molecule has 2 fully saturated rings. The standard InChI is InChI=1S/C22H23BrN2O4/c1-6-21(4)16(26)15(23)14-17-22(21,24-19(28)29-17)10-8-7-9-11-12(10)13(20(14,2)3)18(27)25(11)5/h6-9,13-15,17H,1H2,2-5H3,(H,24,28)/t13?,14-,15?,17?,21+,22-/m0/s1. The van der Waals surface area contributed by atoms with Gasteiger partial charge in [0.2, 0.25) is 5.91 Å². The van der Waals surface area contributed by atoms with E-state index in [1.54, 1.807) is 18.0 Å². The third-order valence-corrected chi connectivity index (χ3v) is 8.92. The smallest absolute Gasteiger partial charge is 0.408 e. The van der Waals surface area contributed by atoms with Crippen LogP contribution in [0.5, 0.6) is 0 Å². The van der Waals surface area contributed by atoms with Gasteiger partial charge in [0, 0.05) is 18.7 Å². The van der Waals surface area contributed by atoms with Crippen molar-refractivity contribution < 1.29 is 19.1 Å². The molecule has 6 atom stereocenters. The molecule has 7 heteroatoms. The number of hydrogen-bond donors (Lipinski definition) is 1. The van der Waals surface area contributed by atoms with Gasteiger partial charge in [-0.05, 0) is 29.5 Å². The molecule has 2 heterocycles. The zero-order valence-corrected chi connectivity index (χ0v) is 18.4. The summed E-state index contributed by atoms with van der Waals surface area (Å²) < 4.78 is 5.88. The molecule has 5 rings (SSSR count). The van der Waals surface area contributed by atoms with Crippen molar-refractivity contribution in [2.75, 3.05) is 11.9 Å². The Morgan fingerprint density at radius 2 is 1.93 bits per heavy atom. The van der Waals surface area contributed by atoms with Gasteiger partial charge in [0.15, 0.2) is 5.78 Å². The average molecular weight is 459 g/mol. The van der Waals surface area contributed by atoms with Gasteiger partial charge in [-0.15, -0.1) is 6.58 Å². The summed E-state index contributed by atoms with van der Waals surface area (Å²) in [4.78, 5) is 40.9. The first-order valence-electron chi connectivity index (χ1n) is 9.75. The third-order valence-electron chi connectivity index (χ3n) is 7.93. The van der Waals surface area contributed by atoms with E-state index in [2.05, 4.69) is 27.8 Å². The molecule has 1 N–H and O–H groups in total. The molecule has 2 aliphatic heterocycles. The number of alkyl halides is 1. The van der Waals surface area contributed by atoms with Gasteiger partial charge in [-0.1, -0.05) is 48.0 Å². The Kier molecular flexibility index (Phi) is 3.45. The van der Waals surface area contributed by atoms with Crippen LogP contribution in [-0.4, -0.2) is 35.8 Å². The number of carbonyl (C=O) groups is 3. The van der Waals surface area contributed by atoms with Gasteiger partial charge in [-0.3, -0.25) is 9.59 Å². The second kappa shape index (κ2) is 5.31. The molecule has 4 aliphatic rings. The lowest BCUT2D eigenvalue weighted by molar-refractivity contribution is -0.145. The first kappa shape index (κ1) is 18.9. The Bertz CT molecular complexity index is 1020. The number of ketones is 1. The van der Waals surface area contributed by atoms with Gasteiger partial charge in [0.1, 0.15) is 11.6 Å². The maximum atomic E-state index is 13.7. The third kappa shape index (κ3) is 1.78. The predicted molar refractivity (Wildman–Crippen MR) is 111 cm³/mol. The molecule has 2 bridgehead atoms. The van der Waals surface area contributed by atoms with Crippen molar-refractivity contribution in [3.63, 3.8) is 0 Å². The topological polar surface area (TPSA) is 75.7 Å². The average Bonchev–Trinajstić information content (AvgIpc) is 3.13. The number of nitrogens with one attached hydrogen (secondary N) is 1. The fourth-order valence-corrected chi connectivity index (χ4v) is 7.81. The van der Waals surface area contributed by atoms with Gasteiger partial charge in [0.05, 0.1) is 16.2 Å². The van der Waals surface area contributed by atoms with Crippen molar-refractivity contribution in [3.8, 4) is 0 Å². The summed E-state index contributed by atoms with van der Waals surface area (Å²) in [5, 5.41) is 3.03. The van der Waals surface area contributed by atoms with E-state index in [0.717, 1.165) is 16.8 Å². The summed E-state index contributed by atoms with van der Waals surface area (Å²) in [6.45, 7) is 9.78. The van der Waals surface area contributed by atoms with Crippen molar-refractivity contribution in [2.24, 2.45) is 16.7 Å². The van der Waals surface area contributed by atoms with E-state index in [4.69, 9.17) is 4.74 Å². The fraction of sp³-hybridized carbons (Fsp3) is 0.500. The van der Waals surface area contributed by atoms with Crippen LogP contribution in [0.15, 0.2) is 30.9 Å². The van der Waals surface area contributed by atoms with Crippen LogP contribution in [0.25, 0.3) is 0 Å². The van der Waals surface area contributed by atoms with Crippen molar-refractivity contribution in [3.05, 3.63) is 42.0 Å². The summed E-state index contributed by atoms with van der Waals surface area (Å²) in [7, 11) is 1.78. The maximum Gasteiger partial charge on any atom is 0.408 e. The molecule has 1 saturated carbocycles. The highest BCUT2D eigenvalue weighted by atomic mass is 79.9. The minimum Gasteiger partial charge on any atom is -0.443 e. The summed E-state index contributed by atoms with van der Waals surface area (Å²) in [5.74, 6) is -0.904. The molecule has 0 spiro atoms. The summed E-state index contributed by atoms with van der Waals surface area (Å²) >= 11 is 3.63. The molecule has 6 nitrogen and oxygen atoms in total. The van der Waals surface area contributed by atoms with Crippen LogP contribution in [-0.2, 0) is 19.9 Å². The molecule has 1 aromatic rings. The molecule has 0 radical (unpaired) electrons. The second-order valence-corrected chi connectivity index (χ2v) is 10.3. The molecule has 2 aliphatic carbocycles. The first-order chi connectivity index (χ1) is 13.5. The molecule has 1 saturated heterocycles. The normalized spacial score (nSPS) is 41.3. The molecule has 3 unspecified atom stereocenters. The highest BCUT2D eigenvalue weighted by Gasteiger charge is 2.75. The van der Waals surface area contributed by atoms with Gasteiger partial charge >= 0.3 is 6.09 Å². The number of amides is 2. The predicted octanol–water partition coefficient (Wildman–Crippen LogP) is 3.24. The first-order valence-corrected chi connectivity index (χ1v) is 10.7. The number of benzene rings is 1. The van der Waals surface area contributed by atoms with Crippen molar-refractivity contribution in [1.82, 2.24) is 5.32 Å². The van der Waals surface area contributed by atoms with E-state index < -0.39 is 45.2 Å². The van der Waals surface area contributed by atoms with Crippen LogP contribution in [0.2, 0.25) is 0 Å². The summed E-state index contributed by atoms with van der Waals surface area (Å²) in [6, 6.07) is 5.71. The number of anilines is 1. The maximum absolute atomic E-state index is 13.7. The number of likely N-dealkylation sites (N-methyl/N-ethyl adjacent to an activating group) is 1. The minimum atomic E-state index is -1.12. The minimum absolute atomic E-state index is 0.00162. The lowest BCUT2D eigenvalue weighted by atomic mass is 9.52. The van der Waals surface area contributed by atoms with E-state index >= 15 is 0 Å². The largest absolute Gasteiger partial charge is 0.443 e. The number of ether oxygens (including phenoxy) is 1. The van der Waals surface area contributed by atoms with Crippen molar-refractivity contribution in [1.29, 1.82) is 0 Å². The van der Waals surface area contributed by atoms with E-state index in [9.17, 15) is 14.4 Å². The van der Waals surface area contributed by atoms with Crippen LogP contribution in [0, 0.1) is 16.7 Å². The van der Waals surface area contributed by atoms with Crippen LogP contribution < -0.4 is 10.2 Å². The van der Waals surface area contributed by atoms with E-state index in [1.807, 2.05) is 39.0 Å². The number of nitrogens with zero attached hydrogens (tertiary/aromatic N) is 1. The highest BCUT2D eigenvalue weighted by Crippen LogP contribution is 2.67. The SMILES string of the molecule is C=C[C@]1(C)C(=O)C(Br)[C@H]2C3OC(=O)N[C@@]31c1cccc3c1C(C(=O)N3C)C2(C)C. The number of alkyl carbamates (subject to hydrolysis) is 1. The van der Waals surface area contributed by atoms with Crippen LogP contribution in [0.4, 0.5) is 10.5 Å². The quantitative estimate of drug-likeness (QED) is 0.517. The Labute approximate surface area is 177 Å². The Hall–Kier alpha value is -2.15. The molecular formula is C22H23BrN2O4. The summed E-state index contributed by atoms with van der Waals surface area (Å²) in [5.41, 5.74) is -0.403. The molecule has 0 aromatic heterocycles. The van der Waals surface area contributed by atoms with Gasteiger partial charge in [0.25, 0.3) is 0 Å². The zero-order valence-electron chi connectivity index (χ0n) is 16.8. The molecule has 2 amide bonds. The van der Waals surface area contributed by atoms with Crippen molar-refractivity contribution >= 4 is 39.4 Å². The number of rotatable bonds is 1. The monoisotopic (exact) mass is 458 g/mol. The number of carbonyl (C=O) groups excluding carboxylic acids is 3. The molecule has 152 valence electrons. The lowest BCUT2D eigenvalue weighted by Gasteiger charge is -2.54. The van der Waals surface area contributed by atoms with Crippen molar-refractivity contribution in [2.45, 2.75) is 43.2 Å². The fourth-order valence-electron chi connectivity index (χ4n) is 6.37. The van der Waals surface area contributed by atoms with Gasteiger partial charge in [-0.2, -0.15) is 0 Å². The highest BCUT2D eigenvalue weighted by molar-refractivity contribution is 9.10. The van der Waals surface area contributed by atoms with Crippen LogP contribution >= 0.6 is 15.9 Å². The Morgan fingerprint density at radius 3 is 2.59 bits per heavy atom. The summed E-state index contributed by atoms with van der Waals surface area (Å²) in [6.07, 6.45) is 0.451. The number of Topliss-reactive ketones (excluding diaryl/α,β-unsaturated/α-hetero) is 1. The Morgan fingerprint density at radius 1 is 1.24 bits per heavy atom. The number of hydrogen-bond acceptors (Lipinski definition) is 4. The van der Waals surface area contributed by atoms with E-state index in [1.165, 1.54) is 0 Å². The number of halogens is 1.